The zero-order chi connectivity index (χ0) is 26.8. The number of aliphatic hydroxyl groups excluding tert-OH is 1. The molecule has 0 fully saturated rings. The summed E-state index contributed by atoms with van der Waals surface area (Å²) in [6.45, 7) is -0.551. The van der Waals surface area contributed by atoms with Crippen LogP contribution in [0.2, 0.25) is 5.02 Å². The average molecular weight is 527 g/mol. The molecule has 190 valence electrons. The van der Waals surface area contributed by atoms with Crippen molar-refractivity contribution in [1.29, 1.82) is 0 Å². The number of anilines is 1. The standard InChI is InChI=1S/C29H23ClN4O4/c30-25-4-2-1-3-22(25)29(38)32-19-10-8-18-9-14-23-26(28(31)37)33-34(27(23)24(18)15-19)20-11-5-17(6-12-20)7-13-21(36)16-35/h1-8,10-13,15,35H,9,14,16H2,(H2,31,37)(H,32,38)/b13-7+. The maximum absolute atomic E-state index is 12.9. The van der Waals surface area contributed by atoms with Crippen LogP contribution in [-0.2, 0) is 17.6 Å². The Morgan fingerprint density at radius 3 is 2.53 bits per heavy atom. The molecule has 1 aromatic heterocycles. The molecule has 0 radical (unpaired) electrons. The predicted octanol–water partition coefficient (Wildman–Crippen LogP) is 4.22. The fourth-order valence-corrected chi connectivity index (χ4v) is 4.73. The average Bonchev–Trinajstić information content (AvgIpc) is 3.33. The molecule has 5 rings (SSSR count). The van der Waals surface area contributed by atoms with Gasteiger partial charge in [0, 0.05) is 16.8 Å². The summed E-state index contributed by atoms with van der Waals surface area (Å²) in [7, 11) is 0. The molecule has 8 nitrogen and oxygen atoms in total. The summed E-state index contributed by atoms with van der Waals surface area (Å²) in [5.41, 5.74) is 11.6. The van der Waals surface area contributed by atoms with E-state index in [9.17, 15) is 14.4 Å². The topological polar surface area (TPSA) is 127 Å². The number of nitrogens with zero attached hydrogens (tertiary/aromatic N) is 2. The number of amides is 2. The Bertz CT molecular complexity index is 1610. The van der Waals surface area contributed by atoms with E-state index < -0.39 is 18.3 Å². The van der Waals surface area contributed by atoms with Crippen LogP contribution in [-0.4, -0.2) is 39.1 Å². The van der Waals surface area contributed by atoms with E-state index in [2.05, 4.69) is 10.4 Å². The van der Waals surface area contributed by atoms with E-state index >= 15 is 0 Å². The summed E-state index contributed by atoms with van der Waals surface area (Å²) < 4.78 is 1.68. The molecule has 3 aromatic carbocycles. The van der Waals surface area contributed by atoms with Gasteiger partial charge in [-0.3, -0.25) is 14.4 Å². The van der Waals surface area contributed by atoms with Crippen LogP contribution in [0.4, 0.5) is 5.69 Å². The maximum Gasteiger partial charge on any atom is 0.269 e. The molecule has 9 heteroatoms. The van der Waals surface area contributed by atoms with Crippen LogP contribution in [0, 0.1) is 0 Å². The van der Waals surface area contributed by atoms with E-state index in [0.29, 0.717) is 34.8 Å². The van der Waals surface area contributed by atoms with Crippen molar-refractivity contribution in [3.05, 3.63) is 106 Å². The van der Waals surface area contributed by atoms with Gasteiger partial charge in [-0.15, -0.1) is 0 Å². The van der Waals surface area contributed by atoms with E-state index in [0.717, 1.165) is 27.9 Å². The molecule has 4 aromatic rings. The van der Waals surface area contributed by atoms with Crippen molar-refractivity contribution >= 4 is 41.0 Å². The highest BCUT2D eigenvalue weighted by molar-refractivity contribution is 6.34. The van der Waals surface area contributed by atoms with Crippen LogP contribution in [0.25, 0.3) is 23.0 Å². The van der Waals surface area contributed by atoms with E-state index in [-0.39, 0.29) is 11.6 Å². The van der Waals surface area contributed by atoms with Gasteiger partial charge in [-0.25, -0.2) is 4.68 Å². The van der Waals surface area contributed by atoms with Gasteiger partial charge < -0.3 is 16.2 Å². The number of carbonyl (C=O) groups excluding carboxylic acids is 3. The summed E-state index contributed by atoms with van der Waals surface area (Å²) in [4.78, 5) is 36.5. The number of aliphatic hydroxyl groups is 1. The van der Waals surface area contributed by atoms with Crippen molar-refractivity contribution in [2.75, 3.05) is 11.9 Å². The molecule has 0 spiro atoms. The van der Waals surface area contributed by atoms with Crippen LogP contribution in [0.1, 0.15) is 37.5 Å². The molecule has 0 saturated heterocycles. The number of benzene rings is 3. The number of carbonyl (C=O) groups is 3. The van der Waals surface area contributed by atoms with Crippen molar-refractivity contribution in [2.24, 2.45) is 5.73 Å². The Morgan fingerprint density at radius 1 is 1.05 bits per heavy atom. The minimum absolute atomic E-state index is 0.202. The van der Waals surface area contributed by atoms with Crippen LogP contribution < -0.4 is 11.1 Å². The van der Waals surface area contributed by atoms with Crippen LogP contribution in [0.5, 0.6) is 0 Å². The Morgan fingerprint density at radius 2 is 1.82 bits per heavy atom. The third kappa shape index (κ3) is 4.87. The molecule has 0 unspecified atom stereocenters. The van der Waals surface area contributed by atoms with Crippen molar-refractivity contribution in [3.8, 4) is 16.9 Å². The van der Waals surface area contributed by atoms with Crippen LogP contribution in [0.15, 0.2) is 72.8 Å². The molecule has 1 aliphatic carbocycles. The fraction of sp³-hybridized carbons (Fsp3) is 0.103. The second-order valence-corrected chi connectivity index (χ2v) is 9.21. The monoisotopic (exact) mass is 526 g/mol. The highest BCUT2D eigenvalue weighted by atomic mass is 35.5. The molecule has 0 bridgehead atoms. The molecule has 1 aliphatic rings. The van der Waals surface area contributed by atoms with Crippen LogP contribution in [0.3, 0.4) is 0 Å². The zero-order valence-corrected chi connectivity index (χ0v) is 20.9. The van der Waals surface area contributed by atoms with Crippen molar-refractivity contribution in [1.82, 2.24) is 9.78 Å². The Labute approximate surface area is 223 Å². The van der Waals surface area contributed by atoms with Gasteiger partial charge in [-0.1, -0.05) is 48.0 Å². The number of rotatable bonds is 7. The van der Waals surface area contributed by atoms with Crippen molar-refractivity contribution in [2.45, 2.75) is 12.8 Å². The van der Waals surface area contributed by atoms with E-state index in [1.54, 1.807) is 47.2 Å². The summed E-state index contributed by atoms with van der Waals surface area (Å²) in [5, 5.41) is 16.7. The largest absolute Gasteiger partial charge is 0.388 e. The van der Waals surface area contributed by atoms with Crippen molar-refractivity contribution in [3.63, 3.8) is 0 Å². The van der Waals surface area contributed by atoms with Gasteiger partial charge in [0.15, 0.2) is 11.5 Å². The second-order valence-electron chi connectivity index (χ2n) is 8.81. The number of nitrogens with one attached hydrogen (secondary N) is 1. The summed E-state index contributed by atoms with van der Waals surface area (Å²) in [5.74, 6) is -1.34. The van der Waals surface area contributed by atoms with Crippen LogP contribution >= 0.6 is 11.6 Å². The van der Waals surface area contributed by atoms with Gasteiger partial charge in [0.2, 0.25) is 0 Å². The first-order chi connectivity index (χ1) is 18.4. The minimum atomic E-state index is -0.617. The maximum atomic E-state index is 12.9. The number of nitrogens with two attached hydrogens (primary N) is 1. The smallest absolute Gasteiger partial charge is 0.269 e. The summed E-state index contributed by atoms with van der Waals surface area (Å²) in [6.07, 6.45) is 4.20. The van der Waals surface area contributed by atoms with E-state index in [1.807, 2.05) is 30.3 Å². The molecule has 38 heavy (non-hydrogen) atoms. The van der Waals surface area contributed by atoms with Gasteiger partial charge in [-0.05, 0) is 66.4 Å². The number of fused-ring (bicyclic) bond motifs is 3. The van der Waals surface area contributed by atoms with Gasteiger partial charge in [-0.2, -0.15) is 5.10 Å². The zero-order valence-electron chi connectivity index (χ0n) is 20.1. The number of ketones is 1. The van der Waals surface area contributed by atoms with Crippen molar-refractivity contribution < 1.29 is 19.5 Å². The number of aromatic nitrogens is 2. The highest BCUT2D eigenvalue weighted by Gasteiger charge is 2.28. The molecule has 4 N–H and O–H groups in total. The Kier molecular flexibility index (Phi) is 6.91. The number of hydrogen-bond donors (Lipinski definition) is 3. The third-order valence-electron chi connectivity index (χ3n) is 6.36. The number of hydrogen-bond acceptors (Lipinski definition) is 5. The molecular weight excluding hydrogens is 504 g/mol. The van der Waals surface area contributed by atoms with Gasteiger partial charge in [0.05, 0.1) is 22.0 Å². The lowest BCUT2D eigenvalue weighted by Gasteiger charge is -2.20. The molecule has 0 saturated carbocycles. The second kappa shape index (κ2) is 10.5. The van der Waals surface area contributed by atoms with Gasteiger partial charge in [0.1, 0.15) is 6.61 Å². The molecule has 2 amide bonds. The van der Waals surface area contributed by atoms with Gasteiger partial charge in [0.25, 0.3) is 11.8 Å². The van der Waals surface area contributed by atoms with Gasteiger partial charge >= 0.3 is 0 Å². The number of primary amides is 1. The molecule has 0 aliphatic heterocycles. The lowest BCUT2D eigenvalue weighted by molar-refractivity contribution is -0.117. The fourth-order valence-electron chi connectivity index (χ4n) is 4.51. The Balaban J connectivity index is 1.55. The van der Waals surface area contributed by atoms with E-state index in [4.69, 9.17) is 22.4 Å². The lowest BCUT2D eigenvalue weighted by atomic mass is 9.88. The molecule has 1 heterocycles. The minimum Gasteiger partial charge on any atom is -0.388 e. The SMILES string of the molecule is NC(=O)c1nn(-c2ccc(/C=C/C(=O)CO)cc2)c2c1CCc1ccc(NC(=O)c3ccccc3Cl)cc1-2. The Hall–Kier alpha value is -4.53. The first-order valence-electron chi connectivity index (χ1n) is 11.9. The first-order valence-corrected chi connectivity index (χ1v) is 12.3. The molecule has 0 atom stereocenters. The quantitative estimate of drug-likeness (QED) is 0.311. The summed E-state index contributed by atoms with van der Waals surface area (Å²) >= 11 is 6.19. The molecular formula is C29H23ClN4O4. The number of halogens is 1. The first kappa shape index (κ1) is 25.1. The summed E-state index contributed by atoms with van der Waals surface area (Å²) in [6, 6.07) is 19.7. The lowest BCUT2D eigenvalue weighted by Crippen LogP contribution is -2.15. The normalized spacial score (nSPS) is 12.2. The third-order valence-corrected chi connectivity index (χ3v) is 6.69. The highest BCUT2D eigenvalue weighted by Crippen LogP contribution is 2.38. The van der Waals surface area contributed by atoms with E-state index in [1.165, 1.54) is 6.08 Å². The predicted molar refractivity (Wildman–Crippen MR) is 145 cm³/mol. The number of aryl methyl sites for hydroxylation is 1.